The van der Waals surface area contributed by atoms with Gasteiger partial charge in [-0.25, -0.2) is 0 Å². The van der Waals surface area contributed by atoms with Crippen LogP contribution in [0, 0.1) is 11.3 Å². The number of amides is 1. The molecule has 2 aromatic rings. The van der Waals surface area contributed by atoms with Crippen LogP contribution in [-0.4, -0.2) is 30.0 Å². The van der Waals surface area contributed by atoms with Crippen LogP contribution in [0.2, 0.25) is 0 Å². The summed E-state index contributed by atoms with van der Waals surface area (Å²) in [6.45, 7) is 4.93. The maximum atomic E-state index is 11.6. The van der Waals surface area contributed by atoms with Crippen molar-refractivity contribution in [2.24, 2.45) is 0 Å². The molecule has 25 heavy (non-hydrogen) atoms. The number of carbonyl (C=O) groups is 1. The fourth-order valence-corrected chi connectivity index (χ4v) is 3.00. The van der Waals surface area contributed by atoms with Crippen LogP contribution in [0.3, 0.4) is 0 Å². The molecule has 3 rings (SSSR count). The van der Waals surface area contributed by atoms with Crippen LogP contribution in [0.4, 0.5) is 0 Å². The van der Waals surface area contributed by atoms with Gasteiger partial charge in [-0.3, -0.25) is 4.79 Å². The third-order valence-corrected chi connectivity index (χ3v) is 4.41. The van der Waals surface area contributed by atoms with E-state index in [-0.39, 0.29) is 12.0 Å². The number of benzene rings is 2. The number of hydrogen-bond acceptors (Lipinski definition) is 3. The molecule has 0 N–H and O–H groups in total. The molecule has 0 spiro atoms. The highest BCUT2D eigenvalue weighted by molar-refractivity contribution is 5.87. The predicted octanol–water partition coefficient (Wildman–Crippen LogP) is 3.78. The molecule has 0 unspecified atom stereocenters. The van der Waals surface area contributed by atoms with Crippen LogP contribution < -0.4 is 4.74 Å². The maximum Gasteiger partial charge on any atom is 0.245 e. The van der Waals surface area contributed by atoms with Gasteiger partial charge in [0.2, 0.25) is 5.91 Å². The summed E-state index contributed by atoms with van der Waals surface area (Å²) in [5.41, 5.74) is 2.76. The highest BCUT2D eigenvalue weighted by Crippen LogP contribution is 2.26. The molecule has 4 nitrogen and oxygen atoms in total. The lowest BCUT2D eigenvalue weighted by molar-refractivity contribution is -0.127. The standard InChI is InChI=1S/C21H20N2O2/c1-2-21(24)23-12-10-19(11-13-23)25-20-5-3-4-18(14-20)17-8-6-16(15-22)7-9-17/h2-9,14,19H,1,10-13H2. The Morgan fingerprint density at radius 3 is 2.52 bits per heavy atom. The molecule has 1 saturated heterocycles. The van der Waals surface area contributed by atoms with Gasteiger partial charge in [-0.1, -0.05) is 30.8 Å². The van der Waals surface area contributed by atoms with Crippen molar-refractivity contribution in [1.29, 1.82) is 5.26 Å². The van der Waals surface area contributed by atoms with Crippen molar-refractivity contribution in [3.05, 3.63) is 66.7 Å². The quantitative estimate of drug-likeness (QED) is 0.801. The first-order chi connectivity index (χ1) is 12.2. The molecule has 126 valence electrons. The molecule has 0 aliphatic carbocycles. The van der Waals surface area contributed by atoms with Crippen molar-refractivity contribution in [2.75, 3.05) is 13.1 Å². The van der Waals surface area contributed by atoms with Crippen LogP contribution in [0.15, 0.2) is 61.2 Å². The molecular formula is C21H20N2O2. The minimum Gasteiger partial charge on any atom is -0.490 e. The molecule has 0 bridgehead atoms. The topological polar surface area (TPSA) is 53.3 Å². The highest BCUT2D eigenvalue weighted by atomic mass is 16.5. The van der Waals surface area contributed by atoms with Gasteiger partial charge in [0.15, 0.2) is 0 Å². The zero-order valence-electron chi connectivity index (χ0n) is 14.0. The van der Waals surface area contributed by atoms with Gasteiger partial charge in [0, 0.05) is 25.9 Å². The third-order valence-electron chi connectivity index (χ3n) is 4.41. The van der Waals surface area contributed by atoms with Gasteiger partial charge < -0.3 is 9.64 Å². The Morgan fingerprint density at radius 2 is 1.88 bits per heavy atom. The van der Waals surface area contributed by atoms with E-state index < -0.39 is 0 Å². The number of nitriles is 1. The minimum absolute atomic E-state index is 0.0127. The minimum atomic E-state index is -0.0127. The van der Waals surface area contributed by atoms with Gasteiger partial charge in [0.05, 0.1) is 11.6 Å². The fraction of sp³-hybridized carbons (Fsp3) is 0.238. The highest BCUT2D eigenvalue weighted by Gasteiger charge is 2.22. The molecule has 0 radical (unpaired) electrons. The van der Waals surface area contributed by atoms with E-state index in [4.69, 9.17) is 10.00 Å². The lowest BCUT2D eigenvalue weighted by Crippen LogP contribution is -2.41. The average Bonchev–Trinajstić information content (AvgIpc) is 2.68. The first kappa shape index (κ1) is 16.8. The lowest BCUT2D eigenvalue weighted by atomic mass is 10.0. The second kappa shape index (κ2) is 7.67. The number of ether oxygens (including phenoxy) is 1. The number of carbonyl (C=O) groups excluding carboxylic acids is 1. The Balaban J connectivity index is 1.65. The summed E-state index contributed by atoms with van der Waals surface area (Å²) in [6, 6.07) is 17.6. The summed E-state index contributed by atoms with van der Waals surface area (Å²) in [5.74, 6) is 0.816. The molecule has 1 amide bonds. The molecule has 0 aromatic heterocycles. The van der Waals surface area contributed by atoms with Crippen LogP contribution >= 0.6 is 0 Å². The second-order valence-electron chi connectivity index (χ2n) is 6.06. The van der Waals surface area contributed by atoms with Gasteiger partial charge in [-0.05, 0) is 41.5 Å². The summed E-state index contributed by atoms with van der Waals surface area (Å²) < 4.78 is 6.11. The van der Waals surface area contributed by atoms with Crippen molar-refractivity contribution in [3.63, 3.8) is 0 Å². The molecule has 1 heterocycles. The largest absolute Gasteiger partial charge is 0.490 e. The number of nitrogens with zero attached hydrogens (tertiary/aromatic N) is 2. The lowest BCUT2D eigenvalue weighted by Gasteiger charge is -2.31. The molecule has 2 aromatic carbocycles. The molecule has 0 saturated carbocycles. The van der Waals surface area contributed by atoms with Crippen LogP contribution in [-0.2, 0) is 4.79 Å². The summed E-state index contributed by atoms with van der Waals surface area (Å²) >= 11 is 0. The van der Waals surface area contributed by atoms with E-state index in [0.717, 1.165) is 29.7 Å². The number of hydrogen-bond donors (Lipinski definition) is 0. The van der Waals surface area contributed by atoms with E-state index in [1.165, 1.54) is 6.08 Å². The molecule has 4 heteroatoms. The second-order valence-corrected chi connectivity index (χ2v) is 6.06. The molecule has 1 fully saturated rings. The van der Waals surface area contributed by atoms with Crippen molar-refractivity contribution in [2.45, 2.75) is 18.9 Å². The molecule has 0 atom stereocenters. The molecule has 1 aliphatic heterocycles. The van der Waals surface area contributed by atoms with Crippen molar-refractivity contribution in [3.8, 4) is 22.9 Å². The van der Waals surface area contributed by atoms with Gasteiger partial charge in [0.1, 0.15) is 11.9 Å². The summed E-state index contributed by atoms with van der Waals surface area (Å²) in [6.07, 6.45) is 3.12. The monoisotopic (exact) mass is 332 g/mol. The summed E-state index contributed by atoms with van der Waals surface area (Å²) in [4.78, 5) is 13.4. The van der Waals surface area contributed by atoms with E-state index >= 15 is 0 Å². The van der Waals surface area contributed by atoms with Crippen LogP contribution in [0.25, 0.3) is 11.1 Å². The maximum absolute atomic E-state index is 11.6. The van der Waals surface area contributed by atoms with Gasteiger partial charge in [0.25, 0.3) is 0 Å². The van der Waals surface area contributed by atoms with Crippen LogP contribution in [0.5, 0.6) is 5.75 Å². The summed E-state index contributed by atoms with van der Waals surface area (Å²) in [5, 5.41) is 8.89. The first-order valence-electron chi connectivity index (χ1n) is 8.38. The average molecular weight is 332 g/mol. The molecule has 1 aliphatic rings. The fourth-order valence-electron chi connectivity index (χ4n) is 3.00. The Kier molecular flexibility index (Phi) is 5.15. The van der Waals surface area contributed by atoms with Gasteiger partial charge in [-0.2, -0.15) is 5.26 Å². The Morgan fingerprint density at radius 1 is 1.16 bits per heavy atom. The molecular weight excluding hydrogens is 312 g/mol. The Hall–Kier alpha value is -3.06. The van der Waals surface area contributed by atoms with Gasteiger partial charge in [-0.15, -0.1) is 0 Å². The normalized spacial score (nSPS) is 14.6. The zero-order chi connectivity index (χ0) is 17.6. The van der Waals surface area contributed by atoms with Gasteiger partial charge >= 0.3 is 0 Å². The number of likely N-dealkylation sites (tertiary alicyclic amines) is 1. The van der Waals surface area contributed by atoms with E-state index in [2.05, 4.69) is 12.6 Å². The Labute approximate surface area is 148 Å². The van der Waals surface area contributed by atoms with E-state index in [1.807, 2.05) is 48.5 Å². The first-order valence-corrected chi connectivity index (χ1v) is 8.38. The third kappa shape index (κ3) is 4.07. The van der Waals surface area contributed by atoms with Crippen LogP contribution in [0.1, 0.15) is 18.4 Å². The van der Waals surface area contributed by atoms with Crippen molar-refractivity contribution in [1.82, 2.24) is 4.90 Å². The zero-order valence-corrected chi connectivity index (χ0v) is 14.0. The summed E-state index contributed by atoms with van der Waals surface area (Å²) in [7, 11) is 0. The predicted molar refractivity (Wildman–Crippen MR) is 97.0 cm³/mol. The van der Waals surface area contributed by atoms with Crippen molar-refractivity contribution >= 4 is 5.91 Å². The van der Waals surface area contributed by atoms with E-state index in [1.54, 1.807) is 4.90 Å². The number of piperidine rings is 1. The van der Waals surface area contributed by atoms with Crippen molar-refractivity contribution < 1.29 is 9.53 Å². The van der Waals surface area contributed by atoms with E-state index in [9.17, 15) is 4.79 Å². The van der Waals surface area contributed by atoms with E-state index in [0.29, 0.717) is 18.7 Å². The SMILES string of the molecule is C=CC(=O)N1CCC(Oc2cccc(-c3ccc(C#N)cc3)c2)CC1. The smallest absolute Gasteiger partial charge is 0.245 e. The number of rotatable bonds is 4. The Bertz CT molecular complexity index is 797.